The summed E-state index contributed by atoms with van der Waals surface area (Å²) in [6.45, 7) is 0. The second-order valence-electron chi connectivity index (χ2n) is 13.6. The average molecular weight is 650 g/mol. The Morgan fingerprint density at radius 1 is 0.360 bits per heavy atom. The summed E-state index contributed by atoms with van der Waals surface area (Å²) in [5.74, 6) is 0. The van der Waals surface area contributed by atoms with Crippen LogP contribution in [0, 0.1) is 0 Å². The van der Waals surface area contributed by atoms with E-state index in [1.165, 1.54) is 113 Å². The number of rotatable bonds is 2. The molecule has 1 aliphatic rings. The minimum absolute atomic E-state index is 1.18. The van der Waals surface area contributed by atoms with Crippen LogP contribution in [0.3, 0.4) is 0 Å². The maximum atomic E-state index is 2.57. The molecule has 0 radical (unpaired) electrons. The first kappa shape index (κ1) is 26.7. The molecule has 0 N–H and O–H groups in total. The van der Waals surface area contributed by atoms with Crippen LogP contribution in [0.4, 0.5) is 0 Å². The number of fused-ring (bicyclic) bond motifs is 15. The lowest BCUT2D eigenvalue weighted by Gasteiger charge is -2.14. The molecule has 0 aliphatic heterocycles. The summed E-state index contributed by atoms with van der Waals surface area (Å²) in [4.78, 5) is 0. The third-order valence-corrected chi connectivity index (χ3v) is 12.3. The number of benzene rings is 9. The molecule has 2 heterocycles. The quantitative estimate of drug-likeness (QED) is 0.164. The fraction of sp³-hybridized carbons (Fsp3) is 0. The minimum Gasteiger partial charge on any atom is -0.309 e. The predicted molar refractivity (Wildman–Crippen MR) is 216 cm³/mol. The van der Waals surface area contributed by atoms with Crippen molar-refractivity contribution < 1.29 is 0 Å². The summed E-state index contributed by atoms with van der Waals surface area (Å²) in [5, 5.41) is 13.1. The van der Waals surface area contributed by atoms with Gasteiger partial charge in [-0.1, -0.05) is 140 Å². The van der Waals surface area contributed by atoms with E-state index in [0.717, 1.165) is 0 Å². The van der Waals surface area contributed by atoms with Crippen molar-refractivity contribution in [2.75, 3.05) is 0 Å². The summed E-state index contributed by atoms with van der Waals surface area (Å²) < 4.78 is 5.24. The Balaban J connectivity index is 1.27. The summed E-state index contributed by atoms with van der Waals surface area (Å²) >= 11 is 1.89. The molecule has 0 amide bonds. The van der Waals surface area contributed by atoms with Gasteiger partial charge in [-0.05, 0) is 84.6 Å². The summed E-state index contributed by atoms with van der Waals surface area (Å²) in [6, 6.07) is 61.1. The number of hydrogen-bond acceptors (Lipinski definition) is 1. The summed E-state index contributed by atoms with van der Waals surface area (Å²) in [6.07, 6.45) is 0. The van der Waals surface area contributed by atoms with Gasteiger partial charge in [-0.2, -0.15) is 0 Å². The number of aromatic nitrogens is 1. The van der Waals surface area contributed by atoms with Gasteiger partial charge in [-0.3, -0.25) is 0 Å². The molecule has 0 saturated heterocycles. The second kappa shape index (κ2) is 9.69. The highest BCUT2D eigenvalue weighted by atomic mass is 32.1. The van der Waals surface area contributed by atoms with Crippen molar-refractivity contribution in [3.8, 4) is 39.1 Å². The van der Waals surface area contributed by atoms with Gasteiger partial charge in [0.25, 0.3) is 0 Å². The van der Waals surface area contributed by atoms with Crippen molar-refractivity contribution in [2.45, 2.75) is 0 Å². The second-order valence-corrected chi connectivity index (χ2v) is 14.6. The zero-order valence-electron chi connectivity index (χ0n) is 26.9. The van der Waals surface area contributed by atoms with Gasteiger partial charge in [0.05, 0.1) is 11.0 Å². The fourth-order valence-corrected chi connectivity index (χ4v) is 10.3. The topological polar surface area (TPSA) is 4.93 Å². The molecule has 0 spiro atoms. The Hall–Kier alpha value is -6.22. The van der Waals surface area contributed by atoms with Crippen LogP contribution < -0.4 is 0 Å². The largest absolute Gasteiger partial charge is 0.309 e. The molecule has 1 nitrogen and oxygen atoms in total. The Bertz CT molecular complexity index is 3260. The number of thiophene rings is 1. The van der Waals surface area contributed by atoms with Crippen molar-refractivity contribution in [3.05, 3.63) is 164 Å². The van der Waals surface area contributed by atoms with Crippen LogP contribution in [-0.4, -0.2) is 4.57 Å². The minimum atomic E-state index is 1.18. The van der Waals surface area contributed by atoms with Crippen molar-refractivity contribution in [2.24, 2.45) is 0 Å². The molecular weight excluding hydrogens is 623 g/mol. The molecule has 50 heavy (non-hydrogen) atoms. The zero-order valence-corrected chi connectivity index (χ0v) is 27.8. The number of hydrogen-bond donors (Lipinski definition) is 0. The lowest BCUT2D eigenvalue weighted by Crippen LogP contribution is -1.96. The standard InChI is InChI=1S/C48H27NS/c1-2-17-34-32(15-1)36-22-11-24-40-44(36)41(34)27-42-45(40)46-37-19-5-3-14-31(37)33-16-4-6-20-38(33)47(46)49(42)29-13-9-12-28(26-29)30-21-10-23-39-35-18-7-8-25-43(35)50-48(30)39/h1-27H. The summed E-state index contributed by atoms with van der Waals surface area (Å²) in [5.41, 5.74) is 11.5. The van der Waals surface area contributed by atoms with Crippen LogP contribution in [0.2, 0.25) is 0 Å². The van der Waals surface area contributed by atoms with Gasteiger partial charge in [0, 0.05) is 42.0 Å². The summed E-state index contributed by atoms with van der Waals surface area (Å²) in [7, 11) is 0. The molecule has 0 fully saturated rings. The Morgan fingerprint density at radius 2 is 0.960 bits per heavy atom. The molecule has 230 valence electrons. The first-order valence-corrected chi connectivity index (χ1v) is 18.1. The third-order valence-electron chi connectivity index (χ3n) is 11.1. The molecular formula is C48H27NS. The van der Waals surface area contributed by atoms with Crippen molar-refractivity contribution in [1.82, 2.24) is 4.57 Å². The first-order chi connectivity index (χ1) is 24.8. The van der Waals surface area contributed by atoms with Gasteiger partial charge in [0.15, 0.2) is 0 Å². The molecule has 2 aromatic heterocycles. The van der Waals surface area contributed by atoms with Crippen LogP contribution in [0.15, 0.2) is 164 Å². The van der Waals surface area contributed by atoms with E-state index in [1.54, 1.807) is 0 Å². The van der Waals surface area contributed by atoms with E-state index in [2.05, 4.69) is 168 Å². The van der Waals surface area contributed by atoms with E-state index in [4.69, 9.17) is 0 Å². The van der Waals surface area contributed by atoms with Crippen LogP contribution >= 0.6 is 11.3 Å². The monoisotopic (exact) mass is 649 g/mol. The van der Waals surface area contributed by atoms with Gasteiger partial charge < -0.3 is 4.57 Å². The first-order valence-electron chi connectivity index (χ1n) is 17.3. The Morgan fingerprint density at radius 3 is 1.80 bits per heavy atom. The molecule has 2 heteroatoms. The molecule has 0 unspecified atom stereocenters. The Labute approximate surface area is 291 Å². The zero-order chi connectivity index (χ0) is 32.5. The highest BCUT2D eigenvalue weighted by Crippen LogP contribution is 2.53. The fourth-order valence-electron chi connectivity index (χ4n) is 9.08. The maximum absolute atomic E-state index is 2.57. The van der Waals surface area contributed by atoms with Gasteiger partial charge in [0.2, 0.25) is 0 Å². The molecule has 12 rings (SSSR count). The average Bonchev–Trinajstić information content (AvgIpc) is 3.84. The number of nitrogens with zero attached hydrogens (tertiary/aromatic N) is 1. The Kier molecular flexibility index (Phi) is 5.18. The highest BCUT2D eigenvalue weighted by molar-refractivity contribution is 7.26. The van der Waals surface area contributed by atoms with Gasteiger partial charge in [0.1, 0.15) is 0 Å². The molecule has 0 bridgehead atoms. The highest BCUT2D eigenvalue weighted by Gasteiger charge is 2.27. The van der Waals surface area contributed by atoms with E-state index in [-0.39, 0.29) is 0 Å². The van der Waals surface area contributed by atoms with E-state index in [9.17, 15) is 0 Å². The molecule has 11 aromatic rings. The van der Waals surface area contributed by atoms with Crippen molar-refractivity contribution in [1.29, 1.82) is 0 Å². The van der Waals surface area contributed by atoms with Crippen LogP contribution in [0.1, 0.15) is 0 Å². The third kappa shape index (κ3) is 3.36. The van der Waals surface area contributed by atoms with Gasteiger partial charge in [-0.25, -0.2) is 0 Å². The van der Waals surface area contributed by atoms with E-state index in [0.29, 0.717) is 0 Å². The van der Waals surface area contributed by atoms with Crippen molar-refractivity contribution in [3.63, 3.8) is 0 Å². The van der Waals surface area contributed by atoms with Gasteiger partial charge in [-0.15, -0.1) is 11.3 Å². The van der Waals surface area contributed by atoms with Crippen LogP contribution in [0.5, 0.6) is 0 Å². The lowest BCUT2D eigenvalue weighted by atomic mass is 9.94. The molecule has 1 aliphatic carbocycles. The van der Waals surface area contributed by atoms with Crippen LogP contribution in [0.25, 0.3) is 113 Å². The van der Waals surface area contributed by atoms with Gasteiger partial charge >= 0.3 is 0 Å². The molecule has 0 saturated carbocycles. The van der Waals surface area contributed by atoms with E-state index >= 15 is 0 Å². The molecule has 0 atom stereocenters. The van der Waals surface area contributed by atoms with E-state index in [1.807, 2.05) is 11.3 Å². The SMILES string of the molecule is c1cc(-c2cccc3c2sc2ccccc23)cc(-n2c3cc4c5c(cccc5c3c3c5ccccc5c5ccccc5c32)-c2ccccc2-4)c1. The normalized spacial score (nSPS) is 12.4. The van der Waals surface area contributed by atoms with Crippen LogP contribution in [-0.2, 0) is 0 Å². The van der Waals surface area contributed by atoms with E-state index < -0.39 is 0 Å². The predicted octanol–water partition coefficient (Wildman–Crippen LogP) is 13.9. The molecule has 9 aromatic carbocycles. The maximum Gasteiger partial charge on any atom is 0.0626 e. The van der Waals surface area contributed by atoms with Crippen molar-refractivity contribution >= 4 is 85.6 Å². The smallest absolute Gasteiger partial charge is 0.0626 e. The lowest BCUT2D eigenvalue weighted by molar-refractivity contribution is 1.19.